The normalized spacial score (nSPS) is 20.3. The van der Waals surface area contributed by atoms with E-state index in [1.165, 1.54) is 24.3 Å². The van der Waals surface area contributed by atoms with E-state index in [4.69, 9.17) is 0 Å². The number of piperazine rings is 1. The van der Waals surface area contributed by atoms with Crippen molar-refractivity contribution in [1.82, 2.24) is 10.2 Å². The first kappa shape index (κ1) is 13.9. The fourth-order valence-corrected chi connectivity index (χ4v) is 3.44. The van der Waals surface area contributed by atoms with Gasteiger partial charge in [0.25, 0.3) is 0 Å². The zero-order chi connectivity index (χ0) is 14.3. The third-order valence-electron chi connectivity index (χ3n) is 4.66. The minimum atomic E-state index is 0.233. The molecule has 20 heavy (non-hydrogen) atoms. The Morgan fingerprint density at radius 1 is 0.950 bits per heavy atom. The van der Waals surface area contributed by atoms with Gasteiger partial charge >= 0.3 is 0 Å². The van der Waals surface area contributed by atoms with Crippen molar-refractivity contribution in [1.29, 1.82) is 0 Å². The lowest BCUT2D eigenvalue weighted by molar-refractivity contribution is 0.312. The van der Waals surface area contributed by atoms with Crippen molar-refractivity contribution in [2.75, 3.05) is 38.1 Å². The molecule has 3 rings (SSSR count). The molecule has 2 heterocycles. The molecule has 0 aromatic heterocycles. The van der Waals surface area contributed by atoms with Crippen LogP contribution in [0.1, 0.15) is 37.5 Å². The molecule has 1 N–H and O–H groups in total. The Morgan fingerprint density at radius 3 is 2.25 bits per heavy atom. The first-order valence-corrected chi connectivity index (χ1v) is 7.76. The van der Waals surface area contributed by atoms with Gasteiger partial charge in [0.15, 0.2) is 0 Å². The monoisotopic (exact) mass is 273 g/mol. The number of nitrogens with zero attached hydrogens (tertiary/aromatic N) is 2. The molecule has 0 atom stereocenters. The SMILES string of the molecule is CN1CCN(c2ccc(C(C)(C)C)c3c2CNC3)CC1. The molecular weight excluding hydrogens is 246 g/mol. The van der Waals surface area contributed by atoms with Gasteiger partial charge in [-0.15, -0.1) is 0 Å². The van der Waals surface area contributed by atoms with Crippen molar-refractivity contribution in [3.63, 3.8) is 0 Å². The van der Waals surface area contributed by atoms with E-state index in [1.54, 1.807) is 11.1 Å². The Balaban J connectivity index is 1.96. The highest BCUT2D eigenvalue weighted by molar-refractivity contribution is 5.61. The summed E-state index contributed by atoms with van der Waals surface area (Å²) in [6, 6.07) is 4.72. The highest BCUT2D eigenvalue weighted by Gasteiger charge is 2.27. The topological polar surface area (TPSA) is 18.5 Å². The predicted molar refractivity (Wildman–Crippen MR) is 85.4 cm³/mol. The number of rotatable bonds is 1. The molecular formula is C17H27N3. The zero-order valence-corrected chi connectivity index (χ0v) is 13.3. The summed E-state index contributed by atoms with van der Waals surface area (Å²) < 4.78 is 0. The minimum Gasteiger partial charge on any atom is -0.369 e. The van der Waals surface area contributed by atoms with E-state index < -0.39 is 0 Å². The second-order valence-electron chi connectivity index (χ2n) is 7.23. The quantitative estimate of drug-likeness (QED) is 0.847. The molecule has 0 bridgehead atoms. The molecule has 110 valence electrons. The van der Waals surface area contributed by atoms with E-state index in [0.29, 0.717) is 0 Å². The Kier molecular flexibility index (Phi) is 3.51. The summed E-state index contributed by atoms with van der Waals surface area (Å²) in [5.41, 5.74) is 6.30. The molecule has 2 aliphatic heterocycles. The summed E-state index contributed by atoms with van der Waals surface area (Å²) in [6.07, 6.45) is 0. The molecule has 1 fully saturated rings. The molecule has 0 amide bonds. The van der Waals surface area contributed by atoms with Crippen LogP contribution >= 0.6 is 0 Å². The molecule has 0 spiro atoms. The molecule has 0 radical (unpaired) electrons. The second kappa shape index (κ2) is 5.05. The van der Waals surface area contributed by atoms with Crippen LogP contribution in [0.3, 0.4) is 0 Å². The van der Waals surface area contributed by atoms with Crippen LogP contribution in [0, 0.1) is 0 Å². The molecule has 1 aromatic carbocycles. The summed E-state index contributed by atoms with van der Waals surface area (Å²) in [7, 11) is 2.21. The van der Waals surface area contributed by atoms with E-state index in [1.807, 2.05) is 0 Å². The number of fused-ring (bicyclic) bond motifs is 1. The van der Waals surface area contributed by atoms with Crippen LogP contribution in [0.2, 0.25) is 0 Å². The number of hydrogen-bond donors (Lipinski definition) is 1. The molecule has 0 aliphatic carbocycles. The average Bonchev–Trinajstić information content (AvgIpc) is 2.86. The van der Waals surface area contributed by atoms with Gasteiger partial charge in [0.2, 0.25) is 0 Å². The van der Waals surface area contributed by atoms with E-state index >= 15 is 0 Å². The largest absolute Gasteiger partial charge is 0.369 e. The third kappa shape index (κ3) is 2.45. The van der Waals surface area contributed by atoms with Gasteiger partial charge in [-0.05, 0) is 35.2 Å². The molecule has 1 aromatic rings. The van der Waals surface area contributed by atoms with Gasteiger partial charge in [-0.1, -0.05) is 26.8 Å². The van der Waals surface area contributed by atoms with Gasteiger partial charge in [0, 0.05) is 45.0 Å². The number of likely N-dealkylation sites (N-methyl/N-ethyl adjacent to an activating group) is 1. The zero-order valence-electron chi connectivity index (χ0n) is 13.3. The lowest BCUT2D eigenvalue weighted by Gasteiger charge is -2.36. The van der Waals surface area contributed by atoms with Crippen LogP contribution in [0.5, 0.6) is 0 Å². The summed E-state index contributed by atoms with van der Waals surface area (Å²) >= 11 is 0. The summed E-state index contributed by atoms with van der Waals surface area (Å²) in [5.74, 6) is 0. The standard InChI is InChI=1S/C17H27N3/c1-17(2,3)15-5-6-16(14-12-18-11-13(14)15)20-9-7-19(4)8-10-20/h5-6,18H,7-12H2,1-4H3. The van der Waals surface area contributed by atoms with Gasteiger partial charge in [-0.2, -0.15) is 0 Å². The van der Waals surface area contributed by atoms with Crippen molar-refractivity contribution in [3.8, 4) is 0 Å². The Labute approximate surface area is 123 Å². The van der Waals surface area contributed by atoms with Crippen LogP contribution in [0.4, 0.5) is 5.69 Å². The van der Waals surface area contributed by atoms with Gasteiger partial charge < -0.3 is 15.1 Å². The van der Waals surface area contributed by atoms with Crippen LogP contribution < -0.4 is 10.2 Å². The molecule has 0 unspecified atom stereocenters. The van der Waals surface area contributed by atoms with E-state index in [-0.39, 0.29) is 5.41 Å². The lowest BCUT2D eigenvalue weighted by Crippen LogP contribution is -2.44. The van der Waals surface area contributed by atoms with Crippen LogP contribution in [-0.4, -0.2) is 38.1 Å². The van der Waals surface area contributed by atoms with Crippen molar-refractivity contribution in [2.24, 2.45) is 0 Å². The van der Waals surface area contributed by atoms with Gasteiger partial charge in [0.05, 0.1) is 0 Å². The van der Waals surface area contributed by atoms with Crippen LogP contribution in [-0.2, 0) is 18.5 Å². The Bertz CT molecular complexity index is 494. The van der Waals surface area contributed by atoms with E-state index in [2.05, 4.69) is 55.1 Å². The molecule has 3 heteroatoms. The number of hydrogen-bond acceptors (Lipinski definition) is 3. The number of nitrogens with one attached hydrogen (secondary N) is 1. The van der Waals surface area contributed by atoms with E-state index in [0.717, 1.165) is 26.2 Å². The fourth-order valence-electron chi connectivity index (χ4n) is 3.44. The predicted octanol–water partition coefficient (Wildman–Crippen LogP) is 2.34. The maximum atomic E-state index is 3.55. The molecule has 2 aliphatic rings. The second-order valence-corrected chi connectivity index (χ2v) is 7.23. The average molecular weight is 273 g/mol. The molecule has 0 saturated carbocycles. The first-order chi connectivity index (χ1) is 9.47. The van der Waals surface area contributed by atoms with E-state index in [9.17, 15) is 0 Å². The van der Waals surface area contributed by atoms with Crippen LogP contribution in [0.25, 0.3) is 0 Å². The first-order valence-electron chi connectivity index (χ1n) is 7.76. The lowest BCUT2D eigenvalue weighted by atomic mass is 9.82. The minimum absolute atomic E-state index is 0.233. The maximum Gasteiger partial charge on any atom is 0.0416 e. The Hall–Kier alpha value is -1.06. The highest BCUT2D eigenvalue weighted by Crippen LogP contribution is 2.36. The summed E-state index contributed by atoms with van der Waals surface area (Å²) in [4.78, 5) is 4.98. The fraction of sp³-hybridized carbons (Fsp3) is 0.647. The Morgan fingerprint density at radius 2 is 1.60 bits per heavy atom. The molecule has 1 saturated heterocycles. The van der Waals surface area contributed by atoms with Gasteiger partial charge in [0.1, 0.15) is 0 Å². The highest BCUT2D eigenvalue weighted by atomic mass is 15.2. The van der Waals surface area contributed by atoms with Gasteiger partial charge in [-0.3, -0.25) is 0 Å². The van der Waals surface area contributed by atoms with Crippen molar-refractivity contribution in [2.45, 2.75) is 39.3 Å². The summed E-state index contributed by atoms with van der Waals surface area (Å²) in [6.45, 7) is 13.6. The van der Waals surface area contributed by atoms with Gasteiger partial charge in [-0.25, -0.2) is 0 Å². The molecule has 3 nitrogen and oxygen atoms in total. The number of benzene rings is 1. The van der Waals surface area contributed by atoms with Crippen molar-refractivity contribution < 1.29 is 0 Å². The van der Waals surface area contributed by atoms with Crippen LogP contribution in [0.15, 0.2) is 12.1 Å². The number of anilines is 1. The van der Waals surface area contributed by atoms with Crippen molar-refractivity contribution in [3.05, 3.63) is 28.8 Å². The summed E-state index contributed by atoms with van der Waals surface area (Å²) in [5, 5.41) is 3.55. The van der Waals surface area contributed by atoms with Crippen molar-refractivity contribution >= 4 is 5.69 Å². The third-order valence-corrected chi connectivity index (χ3v) is 4.66. The maximum absolute atomic E-state index is 3.55. The smallest absolute Gasteiger partial charge is 0.0416 e.